The number of rotatable bonds is 8. The van der Waals surface area contributed by atoms with Crippen molar-refractivity contribution in [2.24, 2.45) is 5.92 Å². The van der Waals surface area contributed by atoms with Crippen LogP contribution in [0.2, 0.25) is 0 Å². The summed E-state index contributed by atoms with van der Waals surface area (Å²) in [6.07, 6.45) is 4.06. The molecule has 1 atom stereocenters. The van der Waals surface area contributed by atoms with E-state index in [1.807, 2.05) is 12.1 Å². The Labute approximate surface area is 111 Å². The molecule has 0 saturated heterocycles. The van der Waals surface area contributed by atoms with Crippen LogP contribution < -0.4 is 5.32 Å². The Bertz CT molecular complexity index is 467. The van der Waals surface area contributed by atoms with Gasteiger partial charge in [-0.2, -0.15) is 0 Å². The van der Waals surface area contributed by atoms with Gasteiger partial charge in [0.05, 0.1) is 6.26 Å². The molecule has 6 nitrogen and oxygen atoms in total. The Hall–Kier alpha value is -1.82. The molecule has 2 heterocycles. The summed E-state index contributed by atoms with van der Waals surface area (Å²) >= 11 is 0. The summed E-state index contributed by atoms with van der Waals surface area (Å²) in [5.74, 6) is 1.54. The second-order valence-corrected chi connectivity index (χ2v) is 4.46. The van der Waals surface area contributed by atoms with E-state index in [-0.39, 0.29) is 12.5 Å². The fourth-order valence-electron chi connectivity index (χ4n) is 1.79. The van der Waals surface area contributed by atoms with Crippen molar-refractivity contribution in [3.05, 3.63) is 30.0 Å². The molecule has 0 saturated carbocycles. The normalized spacial score (nSPS) is 12.5. The minimum Gasteiger partial charge on any atom is -0.469 e. The Balaban J connectivity index is 1.81. The third-order valence-electron chi connectivity index (χ3n) is 2.80. The SMILES string of the molecule is CCCc1nnc(NCC(CO)Cc2ccco2)o1. The monoisotopic (exact) mass is 265 g/mol. The van der Waals surface area contributed by atoms with Crippen LogP contribution >= 0.6 is 0 Å². The van der Waals surface area contributed by atoms with Crippen molar-refractivity contribution in [1.29, 1.82) is 0 Å². The number of nitrogens with zero attached hydrogens (tertiary/aromatic N) is 2. The van der Waals surface area contributed by atoms with Crippen LogP contribution in [0.15, 0.2) is 27.2 Å². The van der Waals surface area contributed by atoms with E-state index in [1.54, 1.807) is 6.26 Å². The molecule has 6 heteroatoms. The molecule has 104 valence electrons. The van der Waals surface area contributed by atoms with Gasteiger partial charge in [-0.05, 0) is 18.6 Å². The third-order valence-corrected chi connectivity index (χ3v) is 2.80. The highest BCUT2D eigenvalue weighted by Crippen LogP contribution is 2.12. The van der Waals surface area contributed by atoms with Crippen molar-refractivity contribution in [2.45, 2.75) is 26.2 Å². The van der Waals surface area contributed by atoms with E-state index in [2.05, 4.69) is 22.4 Å². The van der Waals surface area contributed by atoms with Crippen LogP contribution in [0.25, 0.3) is 0 Å². The molecule has 2 rings (SSSR count). The van der Waals surface area contributed by atoms with Crippen molar-refractivity contribution in [2.75, 3.05) is 18.5 Å². The number of aliphatic hydroxyl groups excluding tert-OH is 1. The van der Waals surface area contributed by atoms with Crippen LogP contribution in [0.3, 0.4) is 0 Å². The molecule has 19 heavy (non-hydrogen) atoms. The molecule has 0 radical (unpaired) electrons. The smallest absolute Gasteiger partial charge is 0.315 e. The Morgan fingerprint density at radius 1 is 1.42 bits per heavy atom. The number of aliphatic hydroxyl groups is 1. The number of hydrogen-bond acceptors (Lipinski definition) is 6. The molecule has 0 bridgehead atoms. The molecule has 0 fully saturated rings. The standard InChI is InChI=1S/C13H19N3O3/c1-2-4-12-15-16-13(19-12)14-8-10(9-17)7-11-5-3-6-18-11/h3,5-6,10,17H,2,4,7-9H2,1H3,(H,14,16). The lowest BCUT2D eigenvalue weighted by atomic mass is 10.1. The number of anilines is 1. The number of hydrogen-bond donors (Lipinski definition) is 2. The summed E-state index contributed by atoms with van der Waals surface area (Å²) < 4.78 is 10.7. The van der Waals surface area contributed by atoms with Gasteiger partial charge in [-0.1, -0.05) is 12.0 Å². The van der Waals surface area contributed by atoms with Crippen LogP contribution in [-0.4, -0.2) is 28.5 Å². The maximum absolute atomic E-state index is 9.34. The Morgan fingerprint density at radius 3 is 3.00 bits per heavy atom. The fourth-order valence-corrected chi connectivity index (χ4v) is 1.79. The number of aromatic nitrogens is 2. The summed E-state index contributed by atoms with van der Waals surface area (Å²) in [5, 5.41) is 20.2. The second-order valence-electron chi connectivity index (χ2n) is 4.46. The third kappa shape index (κ3) is 4.10. The number of aryl methyl sites for hydroxylation is 1. The van der Waals surface area contributed by atoms with Crippen molar-refractivity contribution in [3.8, 4) is 0 Å². The van der Waals surface area contributed by atoms with E-state index in [0.29, 0.717) is 24.9 Å². The van der Waals surface area contributed by atoms with Gasteiger partial charge in [-0.3, -0.25) is 0 Å². The quantitative estimate of drug-likeness (QED) is 0.758. The minimum atomic E-state index is 0.0488. The molecule has 0 aliphatic heterocycles. The number of furan rings is 1. The molecule has 1 unspecified atom stereocenters. The van der Waals surface area contributed by atoms with E-state index in [9.17, 15) is 5.11 Å². The summed E-state index contributed by atoms with van der Waals surface area (Å²) in [7, 11) is 0. The van der Waals surface area contributed by atoms with Gasteiger partial charge < -0.3 is 19.3 Å². The van der Waals surface area contributed by atoms with E-state index in [0.717, 1.165) is 18.6 Å². The van der Waals surface area contributed by atoms with Gasteiger partial charge in [-0.15, -0.1) is 5.10 Å². The van der Waals surface area contributed by atoms with E-state index in [1.165, 1.54) is 0 Å². The first kappa shape index (κ1) is 13.6. The molecule has 2 N–H and O–H groups in total. The average molecular weight is 265 g/mol. The molecule has 0 aromatic carbocycles. The first-order valence-electron chi connectivity index (χ1n) is 6.51. The average Bonchev–Trinajstić information content (AvgIpc) is 3.06. The van der Waals surface area contributed by atoms with E-state index < -0.39 is 0 Å². The van der Waals surface area contributed by atoms with Gasteiger partial charge in [0.25, 0.3) is 0 Å². The largest absolute Gasteiger partial charge is 0.469 e. The van der Waals surface area contributed by atoms with E-state index >= 15 is 0 Å². The molecule has 0 spiro atoms. The predicted octanol–water partition coefficient (Wildman–Crippen LogP) is 1.88. The predicted molar refractivity (Wildman–Crippen MR) is 69.8 cm³/mol. The highest BCUT2D eigenvalue weighted by Gasteiger charge is 2.12. The summed E-state index contributed by atoms with van der Waals surface area (Å²) in [5.41, 5.74) is 0. The van der Waals surface area contributed by atoms with Crippen molar-refractivity contribution < 1.29 is 13.9 Å². The van der Waals surface area contributed by atoms with Crippen LogP contribution in [0.4, 0.5) is 6.01 Å². The maximum atomic E-state index is 9.34. The lowest BCUT2D eigenvalue weighted by Gasteiger charge is -2.12. The first-order chi connectivity index (χ1) is 9.31. The van der Waals surface area contributed by atoms with Crippen molar-refractivity contribution >= 4 is 6.01 Å². The zero-order valence-corrected chi connectivity index (χ0v) is 11.0. The summed E-state index contributed by atoms with van der Waals surface area (Å²) in [6.45, 7) is 2.69. The molecular formula is C13H19N3O3. The highest BCUT2D eigenvalue weighted by molar-refractivity contribution is 5.17. The lowest BCUT2D eigenvalue weighted by Crippen LogP contribution is -2.20. The van der Waals surface area contributed by atoms with Gasteiger partial charge >= 0.3 is 6.01 Å². The van der Waals surface area contributed by atoms with Crippen LogP contribution in [0.5, 0.6) is 0 Å². The van der Waals surface area contributed by atoms with Gasteiger partial charge in [0, 0.05) is 31.9 Å². The van der Waals surface area contributed by atoms with Crippen LogP contribution in [0.1, 0.15) is 25.0 Å². The van der Waals surface area contributed by atoms with Crippen molar-refractivity contribution in [1.82, 2.24) is 10.2 Å². The van der Waals surface area contributed by atoms with Gasteiger partial charge in [0.1, 0.15) is 5.76 Å². The van der Waals surface area contributed by atoms with Crippen LogP contribution in [0, 0.1) is 5.92 Å². The molecular weight excluding hydrogens is 246 g/mol. The molecule has 2 aromatic heterocycles. The molecule has 2 aromatic rings. The Kier molecular flexibility index (Phi) is 4.97. The fraction of sp³-hybridized carbons (Fsp3) is 0.538. The topological polar surface area (TPSA) is 84.3 Å². The number of nitrogens with one attached hydrogen (secondary N) is 1. The highest BCUT2D eigenvalue weighted by atomic mass is 16.4. The molecule has 0 aliphatic carbocycles. The first-order valence-corrected chi connectivity index (χ1v) is 6.51. The van der Waals surface area contributed by atoms with Gasteiger partial charge in [0.2, 0.25) is 5.89 Å². The Morgan fingerprint density at radius 2 is 2.32 bits per heavy atom. The van der Waals surface area contributed by atoms with Crippen LogP contribution in [-0.2, 0) is 12.8 Å². The zero-order valence-electron chi connectivity index (χ0n) is 11.0. The minimum absolute atomic E-state index is 0.0488. The second kappa shape index (κ2) is 6.94. The summed E-state index contributed by atoms with van der Waals surface area (Å²) in [4.78, 5) is 0. The molecule has 0 aliphatic rings. The maximum Gasteiger partial charge on any atom is 0.315 e. The summed E-state index contributed by atoms with van der Waals surface area (Å²) in [6, 6.07) is 4.14. The van der Waals surface area contributed by atoms with Crippen molar-refractivity contribution in [3.63, 3.8) is 0 Å². The lowest BCUT2D eigenvalue weighted by molar-refractivity contribution is 0.226. The zero-order chi connectivity index (χ0) is 13.5. The van der Waals surface area contributed by atoms with Gasteiger partial charge in [0.15, 0.2) is 0 Å². The van der Waals surface area contributed by atoms with Gasteiger partial charge in [-0.25, -0.2) is 0 Å². The van der Waals surface area contributed by atoms with E-state index in [4.69, 9.17) is 8.83 Å². The molecule has 0 amide bonds.